The van der Waals surface area contributed by atoms with E-state index in [1.165, 1.54) is 0 Å². The number of amides is 1. The molecule has 26 heavy (non-hydrogen) atoms. The number of aromatic nitrogens is 2. The number of hydrogen-bond acceptors (Lipinski definition) is 4. The molecular weight excluding hydrogens is 350 g/mol. The zero-order valence-electron chi connectivity index (χ0n) is 13.6. The van der Waals surface area contributed by atoms with Crippen LogP contribution in [0.2, 0.25) is 5.02 Å². The third-order valence-corrected chi connectivity index (χ3v) is 4.29. The van der Waals surface area contributed by atoms with E-state index in [-0.39, 0.29) is 5.91 Å². The Balaban J connectivity index is 1.46. The Morgan fingerprint density at radius 2 is 1.88 bits per heavy atom. The molecule has 1 amide bonds. The normalized spacial score (nSPS) is 10.8. The van der Waals surface area contributed by atoms with Crippen LogP contribution in [-0.4, -0.2) is 15.9 Å². The first-order valence-corrected chi connectivity index (χ1v) is 8.41. The lowest BCUT2D eigenvalue weighted by atomic mass is 10.1. The van der Waals surface area contributed by atoms with E-state index in [4.69, 9.17) is 16.0 Å². The van der Waals surface area contributed by atoms with Gasteiger partial charge in [0.15, 0.2) is 5.58 Å². The predicted molar refractivity (Wildman–Crippen MR) is 99.9 cm³/mol. The molecule has 0 saturated heterocycles. The Bertz CT molecular complexity index is 1040. The predicted octanol–water partition coefficient (Wildman–Crippen LogP) is 4.47. The van der Waals surface area contributed by atoms with Crippen molar-refractivity contribution in [2.24, 2.45) is 0 Å². The van der Waals surface area contributed by atoms with Crippen LogP contribution >= 0.6 is 11.6 Å². The molecule has 0 aliphatic carbocycles. The van der Waals surface area contributed by atoms with Crippen molar-refractivity contribution in [2.45, 2.75) is 6.54 Å². The molecule has 0 bridgehead atoms. The number of rotatable bonds is 4. The summed E-state index contributed by atoms with van der Waals surface area (Å²) in [6, 6.07) is 16.4. The summed E-state index contributed by atoms with van der Waals surface area (Å²) in [7, 11) is 0. The molecule has 4 rings (SSSR count). The molecule has 0 atom stereocenters. The number of oxazole rings is 1. The molecule has 0 saturated carbocycles. The minimum Gasteiger partial charge on any atom is -0.436 e. The van der Waals surface area contributed by atoms with Crippen LogP contribution in [-0.2, 0) is 6.54 Å². The Morgan fingerprint density at radius 1 is 1.08 bits per heavy atom. The summed E-state index contributed by atoms with van der Waals surface area (Å²) in [6.07, 6.45) is 3.34. The second-order valence-electron chi connectivity index (χ2n) is 5.72. The number of carbonyl (C=O) groups is 1. The van der Waals surface area contributed by atoms with Gasteiger partial charge in [-0.05, 0) is 29.8 Å². The van der Waals surface area contributed by atoms with Crippen LogP contribution in [0.1, 0.15) is 15.9 Å². The Kier molecular flexibility index (Phi) is 4.37. The number of hydrogen-bond donors (Lipinski definition) is 1. The molecule has 0 radical (unpaired) electrons. The number of pyridine rings is 1. The van der Waals surface area contributed by atoms with Gasteiger partial charge in [-0.3, -0.25) is 9.78 Å². The number of halogens is 1. The summed E-state index contributed by atoms with van der Waals surface area (Å²) in [5.41, 5.74) is 3.71. The lowest BCUT2D eigenvalue weighted by Gasteiger charge is -2.07. The van der Waals surface area contributed by atoms with Gasteiger partial charge in [0.2, 0.25) is 5.89 Å². The molecule has 0 aliphatic heterocycles. The third-order valence-electron chi connectivity index (χ3n) is 3.96. The number of fused-ring (bicyclic) bond motifs is 1. The molecule has 128 valence electrons. The lowest BCUT2D eigenvalue weighted by molar-refractivity contribution is 0.0951. The molecule has 1 N–H and O–H groups in total. The van der Waals surface area contributed by atoms with Gasteiger partial charge in [0.05, 0.1) is 16.8 Å². The number of nitrogens with one attached hydrogen (secondary N) is 1. The first-order chi connectivity index (χ1) is 12.7. The highest BCUT2D eigenvalue weighted by Crippen LogP contribution is 2.23. The average molecular weight is 364 g/mol. The Morgan fingerprint density at radius 3 is 2.65 bits per heavy atom. The fourth-order valence-electron chi connectivity index (χ4n) is 2.59. The van der Waals surface area contributed by atoms with Gasteiger partial charge in [-0.25, -0.2) is 4.98 Å². The monoisotopic (exact) mass is 363 g/mol. The molecule has 2 heterocycles. The highest BCUT2D eigenvalue weighted by Gasteiger charge is 2.10. The molecule has 2 aromatic heterocycles. The fourth-order valence-corrected chi connectivity index (χ4v) is 2.81. The van der Waals surface area contributed by atoms with Gasteiger partial charge < -0.3 is 9.73 Å². The zero-order chi connectivity index (χ0) is 17.9. The summed E-state index contributed by atoms with van der Waals surface area (Å²) in [6.45, 7) is 0.405. The highest BCUT2D eigenvalue weighted by atomic mass is 35.5. The molecule has 5 nitrogen and oxygen atoms in total. The number of benzene rings is 2. The quantitative estimate of drug-likeness (QED) is 0.580. The van der Waals surface area contributed by atoms with E-state index in [1.54, 1.807) is 42.7 Å². The van der Waals surface area contributed by atoms with Crippen LogP contribution in [0.5, 0.6) is 0 Å². The van der Waals surface area contributed by atoms with Gasteiger partial charge in [0, 0.05) is 24.4 Å². The van der Waals surface area contributed by atoms with Crippen molar-refractivity contribution in [2.75, 3.05) is 0 Å². The summed E-state index contributed by atoms with van der Waals surface area (Å²) in [5.74, 6) is 0.339. The van der Waals surface area contributed by atoms with Crippen molar-refractivity contribution in [1.29, 1.82) is 0 Å². The first-order valence-electron chi connectivity index (χ1n) is 8.03. The molecule has 0 fully saturated rings. The largest absolute Gasteiger partial charge is 0.436 e. The summed E-state index contributed by atoms with van der Waals surface area (Å²) in [5, 5.41) is 3.30. The minimum absolute atomic E-state index is 0.203. The van der Waals surface area contributed by atoms with E-state index in [2.05, 4.69) is 15.3 Å². The fraction of sp³-hybridized carbons (Fsp3) is 0.0500. The Hall–Kier alpha value is -3.18. The second kappa shape index (κ2) is 6.98. The first kappa shape index (κ1) is 16.3. The smallest absolute Gasteiger partial charge is 0.253 e. The van der Waals surface area contributed by atoms with Gasteiger partial charge >= 0.3 is 0 Å². The van der Waals surface area contributed by atoms with Crippen molar-refractivity contribution >= 4 is 28.6 Å². The van der Waals surface area contributed by atoms with Crippen LogP contribution in [0.15, 0.2) is 71.4 Å². The van der Waals surface area contributed by atoms with Crippen LogP contribution in [0.3, 0.4) is 0 Å². The standard InChI is InChI=1S/C20H14ClN3O2/c21-16-4-2-1-3-15(16)19(25)23-11-13-5-7-14(8-6-13)20-24-17-12-22-10-9-18(17)26-20/h1-10,12H,11H2,(H,23,25). The SMILES string of the molecule is O=C(NCc1ccc(-c2nc3cnccc3o2)cc1)c1ccccc1Cl. The van der Waals surface area contributed by atoms with Crippen molar-refractivity contribution in [3.63, 3.8) is 0 Å². The van der Waals surface area contributed by atoms with Crippen LogP contribution in [0, 0.1) is 0 Å². The van der Waals surface area contributed by atoms with E-state index >= 15 is 0 Å². The van der Waals surface area contributed by atoms with Crippen molar-refractivity contribution < 1.29 is 9.21 Å². The van der Waals surface area contributed by atoms with Gasteiger partial charge in [0.25, 0.3) is 5.91 Å². The molecule has 0 aliphatic rings. The maximum atomic E-state index is 12.2. The number of carbonyl (C=O) groups excluding carboxylic acids is 1. The van der Waals surface area contributed by atoms with Crippen LogP contribution in [0.25, 0.3) is 22.6 Å². The Labute approximate surface area is 154 Å². The lowest BCUT2D eigenvalue weighted by Crippen LogP contribution is -2.23. The molecule has 0 unspecified atom stereocenters. The number of nitrogens with zero attached hydrogens (tertiary/aromatic N) is 2. The van der Waals surface area contributed by atoms with Crippen molar-refractivity contribution in [3.05, 3.63) is 83.1 Å². The highest BCUT2D eigenvalue weighted by molar-refractivity contribution is 6.33. The van der Waals surface area contributed by atoms with E-state index < -0.39 is 0 Å². The van der Waals surface area contributed by atoms with Gasteiger partial charge in [-0.1, -0.05) is 35.9 Å². The molecule has 6 heteroatoms. The average Bonchev–Trinajstić information content (AvgIpc) is 3.11. The second-order valence-corrected chi connectivity index (χ2v) is 6.13. The third kappa shape index (κ3) is 3.30. The molecule has 0 spiro atoms. The maximum absolute atomic E-state index is 12.2. The van der Waals surface area contributed by atoms with E-state index in [0.29, 0.717) is 28.6 Å². The molecular formula is C20H14ClN3O2. The van der Waals surface area contributed by atoms with E-state index in [0.717, 1.165) is 16.6 Å². The summed E-state index contributed by atoms with van der Waals surface area (Å²) in [4.78, 5) is 20.7. The minimum atomic E-state index is -0.203. The van der Waals surface area contributed by atoms with Crippen LogP contribution in [0.4, 0.5) is 0 Å². The summed E-state index contributed by atoms with van der Waals surface area (Å²) >= 11 is 6.04. The van der Waals surface area contributed by atoms with Gasteiger partial charge in [-0.2, -0.15) is 0 Å². The maximum Gasteiger partial charge on any atom is 0.253 e. The molecule has 4 aromatic rings. The zero-order valence-corrected chi connectivity index (χ0v) is 14.4. The summed E-state index contributed by atoms with van der Waals surface area (Å²) < 4.78 is 5.73. The van der Waals surface area contributed by atoms with Crippen molar-refractivity contribution in [3.8, 4) is 11.5 Å². The van der Waals surface area contributed by atoms with Gasteiger partial charge in [0.1, 0.15) is 5.52 Å². The topological polar surface area (TPSA) is 68.0 Å². The van der Waals surface area contributed by atoms with E-state index in [9.17, 15) is 4.79 Å². The van der Waals surface area contributed by atoms with E-state index in [1.807, 2.05) is 24.3 Å². The molecule has 2 aromatic carbocycles. The van der Waals surface area contributed by atoms with Crippen LogP contribution < -0.4 is 5.32 Å². The van der Waals surface area contributed by atoms with Gasteiger partial charge in [-0.15, -0.1) is 0 Å². The van der Waals surface area contributed by atoms with Crippen molar-refractivity contribution in [1.82, 2.24) is 15.3 Å².